The summed E-state index contributed by atoms with van der Waals surface area (Å²) in [5.74, 6) is -0.174. The molecule has 1 aromatic heterocycles. The zero-order chi connectivity index (χ0) is 13.3. The summed E-state index contributed by atoms with van der Waals surface area (Å²) in [5.41, 5.74) is 1.60. The van der Waals surface area contributed by atoms with Gasteiger partial charge < -0.3 is 5.32 Å². The maximum absolute atomic E-state index is 12.1. The van der Waals surface area contributed by atoms with E-state index >= 15 is 0 Å². The maximum Gasteiger partial charge on any atom is 0.247 e. The molecule has 1 aromatic rings. The third-order valence-corrected chi connectivity index (χ3v) is 3.16. The van der Waals surface area contributed by atoms with Crippen molar-refractivity contribution < 1.29 is 9.59 Å². The molecule has 1 aliphatic rings. The molecule has 0 bridgehead atoms. The summed E-state index contributed by atoms with van der Waals surface area (Å²) in [7, 11) is 1.82. The fraction of sp³-hybridized carbons (Fsp3) is 0.583. The van der Waals surface area contributed by atoms with Gasteiger partial charge in [0.2, 0.25) is 11.8 Å². The second-order valence-corrected chi connectivity index (χ2v) is 4.39. The van der Waals surface area contributed by atoms with Crippen molar-refractivity contribution in [2.24, 2.45) is 7.05 Å². The first kappa shape index (κ1) is 12.6. The van der Waals surface area contributed by atoms with Crippen LogP contribution in [0.4, 0.5) is 5.69 Å². The fourth-order valence-electron chi connectivity index (χ4n) is 2.30. The lowest BCUT2D eigenvalue weighted by Gasteiger charge is -2.33. The first-order valence-electron chi connectivity index (χ1n) is 6.20. The van der Waals surface area contributed by atoms with E-state index < -0.39 is 6.04 Å². The lowest BCUT2D eigenvalue weighted by molar-refractivity contribution is -0.131. The van der Waals surface area contributed by atoms with E-state index in [2.05, 4.69) is 10.4 Å². The molecular formula is C12H18N4O2. The number of hydrogen-bond acceptors (Lipinski definition) is 3. The van der Waals surface area contributed by atoms with Crippen LogP contribution in [0, 0.1) is 0 Å². The Morgan fingerprint density at radius 3 is 2.78 bits per heavy atom. The van der Waals surface area contributed by atoms with Crippen LogP contribution in [-0.4, -0.2) is 34.2 Å². The SMILES string of the molecule is CCc1nn(C)cc1N1C(=O)CNC(=O)C1CC. The quantitative estimate of drug-likeness (QED) is 0.834. The van der Waals surface area contributed by atoms with Crippen LogP contribution in [0.3, 0.4) is 0 Å². The Morgan fingerprint density at radius 1 is 1.44 bits per heavy atom. The molecule has 0 aromatic carbocycles. The Kier molecular flexibility index (Phi) is 3.36. The van der Waals surface area contributed by atoms with Crippen molar-refractivity contribution in [3.8, 4) is 0 Å². The highest BCUT2D eigenvalue weighted by Gasteiger charge is 2.35. The largest absolute Gasteiger partial charge is 0.345 e. The fourth-order valence-corrected chi connectivity index (χ4v) is 2.30. The molecule has 1 aliphatic heterocycles. The molecule has 1 atom stereocenters. The number of rotatable bonds is 3. The third-order valence-electron chi connectivity index (χ3n) is 3.16. The van der Waals surface area contributed by atoms with E-state index in [-0.39, 0.29) is 18.4 Å². The van der Waals surface area contributed by atoms with Crippen molar-refractivity contribution in [2.75, 3.05) is 11.4 Å². The molecule has 1 N–H and O–H groups in total. The molecule has 0 aliphatic carbocycles. The van der Waals surface area contributed by atoms with Gasteiger partial charge in [0.1, 0.15) is 6.04 Å². The van der Waals surface area contributed by atoms with Gasteiger partial charge in [-0.15, -0.1) is 0 Å². The van der Waals surface area contributed by atoms with Gasteiger partial charge in [0.15, 0.2) is 0 Å². The predicted molar refractivity (Wildman–Crippen MR) is 67.2 cm³/mol. The van der Waals surface area contributed by atoms with Crippen LogP contribution < -0.4 is 10.2 Å². The van der Waals surface area contributed by atoms with Crippen molar-refractivity contribution in [2.45, 2.75) is 32.7 Å². The molecule has 1 fully saturated rings. The number of hydrogen-bond donors (Lipinski definition) is 1. The number of nitrogens with one attached hydrogen (secondary N) is 1. The lowest BCUT2D eigenvalue weighted by Crippen LogP contribution is -2.58. The molecule has 98 valence electrons. The standard InChI is InChI=1S/C12H18N4O2/c1-4-8-10(7-15(3)14-8)16-9(5-2)12(18)13-6-11(16)17/h7,9H,4-6H2,1-3H3,(H,13,18). The molecule has 1 saturated heterocycles. The molecule has 0 saturated carbocycles. The highest BCUT2D eigenvalue weighted by atomic mass is 16.2. The second-order valence-electron chi connectivity index (χ2n) is 4.39. The van der Waals surface area contributed by atoms with Crippen molar-refractivity contribution in [1.29, 1.82) is 0 Å². The summed E-state index contributed by atoms with van der Waals surface area (Å²) in [6, 6.07) is -0.430. The highest BCUT2D eigenvalue weighted by molar-refractivity contribution is 6.06. The van der Waals surface area contributed by atoms with E-state index in [0.29, 0.717) is 6.42 Å². The smallest absolute Gasteiger partial charge is 0.247 e. The molecule has 2 amide bonds. The average Bonchev–Trinajstić information content (AvgIpc) is 2.72. The van der Waals surface area contributed by atoms with Crippen LogP contribution >= 0.6 is 0 Å². The summed E-state index contributed by atoms with van der Waals surface area (Å²) in [6.45, 7) is 3.95. The summed E-state index contributed by atoms with van der Waals surface area (Å²) < 4.78 is 1.68. The maximum atomic E-state index is 12.1. The normalized spacial score (nSPS) is 20.2. The van der Waals surface area contributed by atoms with E-state index in [1.165, 1.54) is 0 Å². The Bertz CT molecular complexity index is 480. The Hall–Kier alpha value is -1.85. The van der Waals surface area contributed by atoms with Gasteiger partial charge >= 0.3 is 0 Å². The zero-order valence-electron chi connectivity index (χ0n) is 10.9. The molecule has 18 heavy (non-hydrogen) atoms. The highest BCUT2D eigenvalue weighted by Crippen LogP contribution is 2.25. The van der Waals surface area contributed by atoms with Crippen LogP contribution in [0.5, 0.6) is 0 Å². The van der Waals surface area contributed by atoms with Crippen LogP contribution in [0.25, 0.3) is 0 Å². The Morgan fingerprint density at radius 2 is 2.17 bits per heavy atom. The topological polar surface area (TPSA) is 67.2 Å². The summed E-state index contributed by atoms with van der Waals surface area (Å²) >= 11 is 0. The molecule has 6 nitrogen and oxygen atoms in total. The van der Waals surface area contributed by atoms with Crippen LogP contribution in [0.2, 0.25) is 0 Å². The summed E-state index contributed by atoms with van der Waals surface area (Å²) in [5, 5.41) is 6.94. The van der Waals surface area contributed by atoms with Crippen molar-refractivity contribution in [3.63, 3.8) is 0 Å². The van der Waals surface area contributed by atoms with E-state index in [0.717, 1.165) is 17.8 Å². The van der Waals surface area contributed by atoms with E-state index in [4.69, 9.17) is 0 Å². The average molecular weight is 250 g/mol. The number of nitrogens with zero attached hydrogens (tertiary/aromatic N) is 3. The van der Waals surface area contributed by atoms with E-state index in [1.54, 1.807) is 15.8 Å². The molecular weight excluding hydrogens is 232 g/mol. The zero-order valence-corrected chi connectivity index (χ0v) is 10.9. The first-order valence-corrected chi connectivity index (χ1v) is 6.20. The van der Waals surface area contributed by atoms with Gasteiger partial charge in [0.05, 0.1) is 17.9 Å². The van der Waals surface area contributed by atoms with Crippen LogP contribution in [-0.2, 0) is 23.1 Å². The minimum Gasteiger partial charge on any atom is -0.345 e. The lowest BCUT2D eigenvalue weighted by atomic mass is 10.1. The van der Waals surface area contributed by atoms with Gasteiger partial charge in [-0.3, -0.25) is 19.2 Å². The number of piperazine rings is 1. The van der Waals surface area contributed by atoms with Gasteiger partial charge in [0, 0.05) is 13.2 Å². The molecule has 2 heterocycles. The van der Waals surface area contributed by atoms with Crippen molar-refractivity contribution in [1.82, 2.24) is 15.1 Å². The van der Waals surface area contributed by atoms with Gasteiger partial charge in [-0.25, -0.2) is 0 Å². The van der Waals surface area contributed by atoms with Gasteiger partial charge in [-0.2, -0.15) is 5.10 Å². The number of anilines is 1. The summed E-state index contributed by atoms with van der Waals surface area (Å²) in [4.78, 5) is 25.5. The van der Waals surface area contributed by atoms with Crippen molar-refractivity contribution >= 4 is 17.5 Å². The Balaban J connectivity index is 2.44. The number of carbonyl (C=O) groups excluding carboxylic acids is 2. The van der Waals surface area contributed by atoms with Gasteiger partial charge in [-0.05, 0) is 12.8 Å². The number of aromatic nitrogens is 2. The molecule has 0 radical (unpaired) electrons. The molecule has 2 rings (SSSR count). The number of carbonyl (C=O) groups is 2. The van der Waals surface area contributed by atoms with E-state index in [9.17, 15) is 9.59 Å². The Labute approximate surface area is 106 Å². The van der Waals surface area contributed by atoms with Crippen LogP contribution in [0.15, 0.2) is 6.20 Å². The monoisotopic (exact) mass is 250 g/mol. The molecule has 1 unspecified atom stereocenters. The van der Waals surface area contributed by atoms with Crippen molar-refractivity contribution in [3.05, 3.63) is 11.9 Å². The van der Waals surface area contributed by atoms with Crippen LogP contribution in [0.1, 0.15) is 26.0 Å². The first-order chi connectivity index (χ1) is 8.58. The number of amides is 2. The van der Waals surface area contributed by atoms with Gasteiger partial charge in [-0.1, -0.05) is 13.8 Å². The second kappa shape index (κ2) is 4.80. The molecule has 0 spiro atoms. The molecule has 6 heteroatoms. The third kappa shape index (κ3) is 1.98. The minimum absolute atomic E-state index is 0.0629. The summed E-state index contributed by atoms with van der Waals surface area (Å²) in [6.07, 6.45) is 3.13. The van der Waals surface area contributed by atoms with E-state index in [1.807, 2.05) is 20.9 Å². The minimum atomic E-state index is -0.430. The van der Waals surface area contributed by atoms with Gasteiger partial charge in [0.25, 0.3) is 0 Å². The number of aryl methyl sites for hydroxylation is 2. The predicted octanol–water partition coefficient (Wildman–Crippen LogP) is 0.224.